The molecule has 2 nitrogen and oxygen atoms in total. The number of carbonyl (C=O) groups excluding carboxylic acids is 1. The minimum Gasteiger partial charge on any atom is -0.549 e. The van der Waals surface area contributed by atoms with Crippen LogP contribution in [0.3, 0.4) is 0 Å². The average molecular weight is 170 g/mol. The van der Waals surface area contributed by atoms with Gasteiger partial charge in [0.1, 0.15) is 0 Å². The van der Waals surface area contributed by atoms with E-state index in [4.69, 9.17) is 0 Å². The van der Waals surface area contributed by atoms with Gasteiger partial charge < -0.3 is 9.90 Å². The van der Waals surface area contributed by atoms with Gasteiger partial charge in [0.2, 0.25) is 0 Å². The quantitative estimate of drug-likeness (QED) is 0.469. The Morgan fingerprint density at radius 2 is 1.69 bits per heavy atom. The van der Waals surface area contributed by atoms with E-state index in [0.29, 0.717) is 0 Å². The fourth-order valence-electron chi connectivity index (χ4n) is 0.973. The number of carboxylic acid groups (broad SMARTS) is 1. The first-order chi connectivity index (χ1) is 5.55. The van der Waals surface area contributed by atoms with Crippen LogP contribution in [0, 0.1) is 0 Å². The molecule has 0 aliphatic heterocycles. The molecular weight excluding hydrogens is 159 g/mol. The van der Waals surface area contributed by atoms with E-state index in [-0.39, 0.29) is 18.9 Å². The molecule has 3 heteroatoms. The van der Waals surface area contributed by atoms with Crippen LogP contribution in [-0.4, -0.2) is 5.97 Å². The third kappa shape index (κ3) is 2.62. The van der Waals surface area contributed by atoms with Gasteiger partial charge in [-0.2, -0.15) is 0 Å². The Morgan fingerprint density at radius 3 is 2.08 bits per heavy atom. The molecule has 1 aromatic rings. The second-order valence-electron chi connectivity index (χ2n) is 3.28. The summed E-state index contributed by atoms with van der Waals surface area (Å²) in [5.41, 5.74) is -0.133. The van der Waals surface area contributed by atoms with E-state index in [0.717, 1.165) is 5.56 Å². The van der Waals surface area contributed by atoms with E-state index in [1.165, 1.54) is 0 Å². The van der Waals surface area contributed by atoms with Crippen molar-refractivity contribution < 1.29 is 28.8 Å². The molecule has 64 valence electrons. The van der Waals surface area contributed by atoms with E-state index in [9.17, 15) is 9.90 Å². The van der Waals surface area contributed by atoms with Gasteiger partial charge in [0.25, 0.3) is 0 Å². The van der Waals surface area contributed by atoms with E-state index in [2.05, 4.69) is 0 Å². The van der Waals surface area contributed by atoms with Crippen molar-refractivity contribution in [1.82, 2.24) is 0 Å². The van der Waals surface area contributed by atoms with Crippen LogP contribution in [0.15, 0.2) is 30.3 Å². The molecule has 0 N–H and O–H groups in total. The number of aliphatic carboxylic acids is 1. The Morgan fingerprint density at radius 1 is 1.23 bits per heavy atom. The summed E-state index contributed by atoms with van der Waals surface area (Å²) in [4.78, 5) is 10.7. The van der Waals surface area contributed by atoms with Crippen molar-refractivity contribution in [2.45, 2.75) is 19.3 Å². The summed E-state index contributed by atoms with van der Waals surface area (Å²) in [5.74, 6) is -1.05. The molecule has 0 saturated heterocycles. The molecule has 0 atom stereocenters. The standard InChI is InChI=1S/C10H12O2.Li/c1-10(2,9(11)12)8-6-4-3-5-7-8;/h3-7H,1-2H3,(H,11,12);/q;+1/p-1. The fraction of sp³-hybridized carbons (Fsp3) is 0.300. The molecule has 0 unspecified atom stereocenters. The summed E-state index contributed by atoms with van der Waals surface area (Å²) in [5, 5.41) is 10.7. The molecule has 0 aliphatic rings. The number of hydrogen-bond acceptors (Lipinski definition) is 2. The van der Waals surface area contributed by atoms with Gasteiger partial charge in [-0.3, -0.25) is 0 Å². The normalized spacial score (nSPS) is 10.3. The fourth-order valence-corrected chi connectivity index (χ4v) is 0.973. The van der Waals surface area contributed by atoms with Crippen molar-refractivity contribution in [3.63, 3.8) is 0 Å². The van der Waals surface area contributed by atoms with Crippen LogP contribution in [0.25, 0.3) is 0 Å². The molecule has 0 aliphatic carbocycles. The van der Waals surface area contributed by atoms with E-state index in [1.807, 2.05) is 18.2 Å². The zero-order chi connectivity index (χ0) is 9.19. The molecule has 0 saturated carbocycles. The van der Waals surface area contributed by atoms with Gasteiger partial charge in [-0.15, -0.1) is 0 Å². The van der Waals surface area contributed by atoms with Crippen LogP contribution >= 0.6 is 0 Å². The predicted octanol–water partition coefficient (Wildman–Crippen LogP) is -2.28. The summed E-state index contributed by atoms with van der Waals surface area (Å²) in [6.07, 6.45) is 0. The van der Waals surface area contributed by atoms with Gasteiger partial charge in [0.15, 0.2) is 0 Å². The molecule has 1 aromatic carbocycles. The van der Waals surface area contributed by atoms with Crippen LogP contribution in [-0.2, 0) is 10.2 Å². The van der Waals surface area contributed by atoms with Crippen molar-refractivity contribution in [2.24, 2.45) is 0 Å². The second kappa shape index (κ2) is 4.50. The first kappa shape index (κ1) is 12.3. The van der Waals surface area contributed by atoms with Crippen LogP contribution in [0.4, 0.5) is 0 Å². The maximum Gasteiger partial charge on any atom is 1.00 e. The Balaban J connectivity index is 0.00000144. The predicted molar refractivity (Wildman–Crippen MR) is 44.5 cm³/mol. The number of carbonyl (C=O) groups is 1. The summed E-state index contributed by atoms with van der Waals surface area (Å²) < 4.78 is 0. The molecular formula is C10H11LiO2. The number of hydrogen-bond donors (Lipinski definition) is 0. The largest absolute Gasteiger partial charge is 1.00 e. The first-order valence-electron chi connectivity index (χ1n) is 3.82. The van der Waals surface area contributed by atoms with Gasteiger partial charge in [-0.1, -0.05) is 44.2 Å². The van der Waals surface area contributed by atoms with E-state index >= 15 is 0 Å². The van der Waals surface area contributed by atoms with Crippen molar-refractivity contribution in [3.8, 4) is 0 Å². The molecule has 0 heterocycles. The van der Waals surface area contributed by atoms with Crippen molar-refractivity contribution in [3.05, 3.63) is 35.9 Å². The molecule has 0 radical (unpaired) electrons. The Kier molecular flexibility index (Phi) is 4.26. The Labute approximate surface area is 90.1 Å². The van der Waals surface area contributed by atoms with Gasteiger partial charge in [-0.05, 0) is 5.56 Å². The minimum absolute atomic E-state index is 0. The second-order valence-corrected chi connectivity index (χ2v) is 3.28. The molecule has 1 rings (SSSR count). The summed E-state index contributed by atoms with van der Waals surface area (Å²) in [6.45, 7) is 3.27. The summed E-state index contributed by atoms with van der Waals surface area (Å²) >= 11 is 0. The van der Waals surface area contributed by atoms with E-state index in [1.54, 1.807) is 26.0 Å². The topological polar surface area (TPSA) is 40.1 Å². The molecule has 0 bridgehead atoms. The zero-order valence-electron chi connectivity index (χ0n) is 8.20. The van der Waals surface area contributed by atoms with Crippen LogP contribution in [0.2, 0.25) is 0 Å². The summed E-state index contributed by atoms with van der Waals surface area (Å²) in [6, 6.07) is 9.07. The van der Waals surface area contributed by atoms with Gasteiger partial charge in [-0.25, -0.2) is 0 Å². The van der Waals surface area contributed by atoms with Gasteiger partial charge in [0.05, 0.1) is 5.97 Å². The average Bonchev–Trinajstić information content (AvgIpc) is 2.06. The number of benzene rings is 1. The summed E-state index contributed by atoms with van der Waals surface area (Å²) in [7, 11) is 0. The Bertz CT molecular complexity index is 280. The maximum atomic E-state index is 10.7. The van der Waals surface area contributed by atoms with Gasteiger partial charge in [0, 0.05) is 5.41 Å². The van der Waals surface area contributed by atoms with E-state index < -0.39 is 11.4 Å². The maximum absolute atomic E-state index is 10.7. The van der Waals surface area contributed by atoms with Crippen molar-refractivity contribution in [2.75, 3.05) is 0 Å². The molecule has 0 fully saturated rings. The Hall–Kier alpha value is -0.713. The molecule has 0 aromatic heterocycles. The molecule has 13 heavy (non-hydrogen) atoms. The van der Waals surface area contributed by atoms with Crippen molar-refractivity contribution in [1.29, 1.82) is 0 Å². The van der Waals surface area contributed by atoms with Crippen LogP contribution < -0.4 is 24.0 Å². The number of carboxylic acids is 1. The minimum atomic E-state index is -1.05. The molecule has 0 amide bonds. The smallest absolute Gasteiger partial charge is 0.549 e. The zero-order valence-corrected chi connectivity index (χ0v) is 8.20. The molecule has 0 spiro atoms. The van der Waals surface area contributed by atoms with Gasteiger partial charge >= 0.3 is 18.9 Å². The SMILES string of the molecule is CC(C)(C(=O)[O-])c1ccccc1.[Li+]. The first-order valence-corrected chi connectivity index (χ1v) is 3.82. The number of rotatable bonds is 2. The van der Waals surface area contributed by atoms with Crippen LogP contribution in [0.1, 0.15) is 19.4 Å². The van der Waals surface area contributed by atoms with Crippen LogP contribution in [0.5, 0.6) is 0 Å². The van der Waals surface area contributed by atoms with Crippen molar-refractivity contribution >= 4 is 5.97 Å². The third-order valence-corrected chi connectivity index (χ3v) is 2.01. The monoisotopic (exact) mass is 170 g/mol. The third-order valence-electron chi connectivity index (χ3n) is 2.01.